The molecule has 0 aromatic rings. The molecule has 2 unspecified atom stereocenters. The monoisotopic (exact) mass is 202 g/mol. The molecule has 2 fully saturated rings. The average molecular weight is 203 g/mol. The Morgan fingerprint density at radius 1 is 1.69 bits per heavy atom. The summed E-state index contributed by atoms with van der Waals surface area (Å²) in [6.07, 6.45) is 2.78. The van der Waals surface area contributed by atoms with E-state index in [4.69, 9.17) is 11.6 Å². The SMILES string of the molecule is CC(NC1CNC(=O)C1)C1(Cl)CC1. The van der Waals surface area contributed by atoms with Crippen LogP contribution in [0.25, 0.3) is 0 Å². The molecule has 13 heavy (non-hydrogen) atoms. The lowest BCUT2D eigenvalue weighted by Crippen LogP contribution is -2.43. The van der Waals surface area contributed by atoms with Gasteiger partial charge in [-0.1, -0.05) is 0 Å². The maximum atomic E-state index is 10.9. The standard InChI is InChI=1S/C9H15ClN2O/c1-6(9(10)2-3-9)12-7-4-8(13)11-5-7/h6-7,12H,2-5H2,1H3,(H,11,13). The van der Waals surface area contributed by atoms with Crippen LogP contribution in [0.2, 0.25) is 0 Å². The Labute approximate surface area is 83.2 Å². The lowest BCUT2D eigenvalue weighted by molar-refractivity contribution is -0.119. The molecule has 1 saturated heterocycles. The number of carbonyl (C=O) groups excluding carboxylic acids is 1. The maximum absolute atomic E-state index is 10.9. The van der Waals surface area contributed by atoms with Crippen molar-refractivity contribution in [1.82, 2.24) is 10.6 Å². The van der Waals surface area contributed by atoms with Crippen molar-refractivity contribution in [3.05, 3.63) is 0 Å². The van der Waals surface area contributed by atoms with E-state index in [0.29, 0.717) is 12.5 Å². The zero-order valence-corrected chi connectivity index (χ0v) is 8.53. The first-order chi connectivity index (χ1) is 6.10. The molecule has 0 bridgehead atoms. The van der Waals surface area contributed by atoms with Gasteiger partial charge < -0.3 is 10.6 Å². The van der Waals surface area contributed by atoms with E-state index in [1.807, 2.05) is 0 Å². The third-order valence-electron chi connectivity index (χ3n) is 2.97. The summed E-state index contributed by atoms with van der Waals surface area (Å²) in [7, 11) is 0. The molecule has 0 spiro atoms. The van der Waals surface area contributed by atoms with Gasteiger partial charge in [-0.15, -0.1) is 11.6 Å². The summed E-state index contributed by atoms with van der Waals surface area (Å²) in [5, 5.41) is 6.20. The summed E-state index contributed by atoms with van der Waals surface area (Å²) in [5.74, 6) is 0.143. The number of hydrogen-bond acceptors (Lipinski definition) is 2. The second-order valence-electron chi connectivity index (χ2n) is 4.13. The summed E-state index contributed by atoms with van der Waals surface area (Å²) in [4.78, 5) is 10.9. The van der Waals surface area contributed by atoms with E-state index < -0.39 is 0 Å². The lowest BCUT2D eigenvalue weighted by Gasteiger charge is -2.22. The fraction of sp³-hybridized carbons (Fsp3) is 0.889. The molecule has 1 aliphatic heterocycles. The van der Waals surface area contributed by atoms with Crippen molar-refractivity contribution in [2.75, 3.05) is 6.54 Å². The number of rotatable bonds is 3. The van der Waals surface area contributed by atoms with Crippen molar-refractivity contribution in [1.29, 1.82) is 0 Å². The highest BCUT2D eigenvalue weighted by Crippen LogP contribution is 2.45. The summed E-state index contributed by atoms with van der Waals surface area (Å²) in [6.45, 7) is 2.85. The van der Waals surface area contributed by atoms with Gasteiger partial charge in [0, 0.05) is 25.0 Å². The highest BCUT2D eigenvalue weighted by molar-refractivity contribution is 6.26. The van der Waals surface area contributed by atoms with Crippen LogP contribution in [0.1, 0.15) is 26.2 Å². The van der Waals surface area contributed by atoms with Crippen molar-refractivity contribution in [2.24, 2.45) is 0 Å². The predicted octanol–water partition coefficient (Wildman–Crippen LogP) is 0.624. The molecule has 0 radical (unpaired) electrons. The molecule has 0 aromatic heterocycles. The van der Waals surface area contributed by atoms with Crippen LogP contribution in [0.3, 0.4) is 0 Å². The van der Waals surface area contributed by atoms with Gasteiger partial charge in [0.1, 0.15) is 0 Å². The maximum Gasteiger partial charge on any atom is 0.221 e. The number of amides is 1. The van der Waals surface area contributed by atoms with Crippen LogP contribution in [0.15, 0.2) is 0 Å². The summed E-state index contributed by atoms with van der Waals surface area (Å²) in [6, 6.07) is 0.589. The Morgan fingerprint density at radius 2 is 2.38 bits per heavy atom. The van der Waals surface area contributed by atoms with Crippen LogP contribution in [0.5, 0.6) is 0 Å². The number of nitrogens with one attached hydrogen (secondary N) is 2. The second kappa shape index (κ2) is 3.14. The molecule has 3 nitrogen and oxygen atoms in total. The summed E-state index contributed by atoms with van der Waals surface area (Å²) < 4.78 is 0. The topological polar surface area (TPSA) is 41.1 Å². The highest BCUT2D eigenvalue weighted by atomic mass is 35.5. The van der Waals surface area contributed by atoms with Crippen molar-refractivity contribution in [3.8, 4) is 0 Å². The van der Waals surface area contributed by atoms with E-state index in [-0.39, 0.29) is 16.8 Å². The zero-order valence-electron chi connectivity index (χ0n) is 7.77. The van der Waals surface area contributed by atoms with E-state index in [2.05, 4.69) is 17.6 Å². The van der Waals surface area contributed by atoms with Crippen molar-refractivity contribution in [3.63, 3.8) is 0 Å². The van der Waals surface area contributed by atoms with Gasteiger partial charge in [-0.2, -0.15) is 0 Å². The number of alkyl halides is 1. The fourth-order valence-electron chi connectivity index (χ4n) is 1.78. The molecule has 4 heteroatoms. The third kappa shape index (κ3) is 1.97. The zero-order chi connectivity index (χ0) is 9.47. The fourth-order valence-corrected chi connectivity index (χ4v) is 1.94. The van der Waals surface area contributed by atoms with Gasteiger partial charge >= 0.3 is 0 Å². The van der Waals surface area contributed by atoms with Crippen LogP contribution in [-0.2, 0) is 4.79 Å². The van der Waals surface area contributed by atoms with Crippen molar-refractivity contribution in [2.45, 2.75) is 43.1 Å². The molecule has 1 saturated carbocycles. The molecule has 0 aromatic carbocycles. The Morgan fingerprint density at radius 3 is 2.85 bits per heavy atom. The molecular weight excluding hydrogens is 188 g/mol. The minimum atomic E-state index is -0.0222. The Kier molecular flexibility index (Phi) is 2.24. The van der Waals surface area contributed by atoms with E-state index in [1.165, 1.54) is 0 Å². The van der Waals surface area contributed by atoms with Gasteiger partial charge in [-0.25, -0.2) is 0 Å². The van der Waals surface area contributed by atoms with Gasteiger partial charge in [0.05, 0.1) is 4.87 Å². The minimum absolute atomic E-state index is 0.0222. The first-order valence-electron chi connectivity index (χ1n) is 4.82. The molecule has 74 valence electrons. The van der Waals surface area contributed by atoms with Crippen LogP contribution in [0.4, 0.5) is 0 Å². The van der Waals surface area contributed by atoms with E-state index in [1.54, 1.807) is 0 Å². The lowest BCUT2D eigenvalue weighted by atomic mass is 10.1. The van der Waals surface area contributed by atoms with Gasteiger partial charge in [0.2, 0.25) is 5.91 Å². The molecule has 2 aliphatic rings. The van der Waals surface area contributed by atoms with Crippen LogP contribution in [-0.4, -0.2) is 29.4 Å². The van der Waals surface area contributed by atoms with Crippen LogP contribution < -0.4 is 10.6 Å². The van der Waals surface area contributed by atoms with E-state index >= 15 is 0 Å². The largest absolute Gasteiger partial charge is 0.354 e. The van der Waals surface area contributed by atoms with Crippen molar-refractivity contribution >= 4 is 17.5 Å². The van der Waals surface area contributed by atoms with Crippen LogP contribution >= 0.6 is 11.6 Å². The van der Waals surface area contributed by atoms with Crippen LogP contribution in [0, 0.1) is 0 Å². The van der Waals surface area contributed by atoms with E-state index in [0.717, 1.165) is 19.4 Å². The number of hydrogen-bond donors (Lipinski definition) is 2. The molecule has 1 heterocycles. The average Bonchev–Trinajstić information content (AvgIpc) is 2.69. The first kappa shape index (κ1) is 9.28. The predicted molar refractivity (Wildman–Crippen MR) is 51.8 cm³/mol. The van der Waals surface area contributed by atoms with Gasteiger partial charge in [0.15, 0.2) is 0 Å². The third-order valence-corrected chi connectivity index (χ3v) is 3.67. The number of halogens is 1. The molecular formula is C9H15ClN2O. The highest BCUT2D eigenvalue weighted by Gasteiger charge is 2.46. The Balaban J connectivity index is 1.81. The van der Waals surface area contributed by atoms with Crippen molar-refractivity contribution < 1.29 is 4.79 Å². The summed E-state index contributed by atoms with van der Waals surface area (Å²) >= 11 is 6.24. The van der Waals surface area contributed by atoms with Gasteiger partial charge in [0.25, 0.3) is 0 Å². The number of carbonyl (C=O) groups is 1. The van der Waals surface area contributed by atoms with E-state index in [9.17, 15) is 4.79 Å². The molecule has 1 amide bonds. The van der Waals surface area contributed by atoms with Gasteiger partial charge in [-0.3, -0.25) is 4.79 Å². The molecule has 2 rings (SSSR count). The Hall–Kier alpha value is -0.280. The smallest absolute Gasteiger partial charge is 0.221 e. The minimum Gasteiger partial charge on any atom is -0.354 e. The quantitative estimate of drug-likeness (QED) is 0.659. The summed E-state index contributed by atoms with van der Waals surface area (Å²) in [5.41, 5.74) is 0. The Bertz CT molecular complexity index is 228. The normalized spacial score (nSPS) is 32.8. The first-order valence-corrected chi connectivity index (χ1v) is 5.20. The molecule has 2 N–H and O–H groups in total. The molecule has 2 atom stereocenters. The van der Waals surface area contributed by atoms with Gasteiger partial charge in [-0.05, 0) is 19.8 Å². The second-order valence-corrected chi connectivity index (χ2v) is 4.88. The molecule has 1 aliphatic carbocycles.